The van der Waals surface area contributed by atoms with Crippen LogP contribution in [0.2, 0.25) is 0 Å². The van der Waals surface area contributed by atoms with Crippen LogP contribution in [0.15, 0.2) is 84.0 Å². The fourth-order valence-corrected chi connectivity index (χ4v) is 5.29. The fourth-order valence-electron chi connectivity index (χ4n) is 4.36. The first-order chi connectivity index (χ1) is 17.2. The molecule has 1 aliphatic rings. The van der Waals surface area contributed by atoms with E-state index in [2.05, 4.69) is 10.3 Å². The van der Waals surface area contributed by atoms with Crippen molar-refractivity contribution in [3.63, 3.8) is 0 Å². The number of hydrogen-bond acceptors (Lipinski definition) is 4. The lowest BCUT2D eigenvalue weighted by Gasteiger charge is -2.26. The van der Waals surface area contributed by atoms with Crippen LogP contribution in [0.25, 0.3) is 5.65 Å². The van der Waals surface area contributed by atoms with Crippen molar-refractivity contribution in [3.8, 4) is 0 Å². The predicted molar refractivity (Wildman–Crippen MR) is 139 cm³/mol. The van der Waals surface area contributed by atoms with E-state index in [4.69, 9.17) is 0 Å². The molecule has 2 amide bonds. The van der Waals surface area contributed by atoms with Crippen molar-refractivity contribution in [3.05, 3.63) is 102 Å². The fraction of sp³-hybridized carbons (Fsp3) is 0.250. The minimum atomic E-state index is -0.129. The molecule has 6 nitrogen and oxygen atoms in total. The van der Waals surface area contributed by atoms with Gasteiger partial charge in [-0.25, -0.2) is 4.98 Å². The van der Waals surface area contributed by atoms with Crippen molar-refractivity contribution in [1.29, 1.82) is 0 Å². The number of likely N-dealkylation sites (tertiary alicyclic amines) is 1. The zero-order valence-corrected chi connectivity index (χ0v) is 20.3. The summed E-state index contributed by atoms with van der Waals surface area (Å²) in [7, 11) is 0. The van der Waals surface area contributed by atoms with Crippen LogP contribution in [0.3, 0.4) is 0 Å². The summed E-state index contributed by atoms with van der Waals surface area (Å²) < 4.78 is 2.00. The largest absolute Gasteiger partial charge is 0.348 e. The van der Waals surface area contributed by atoms with Gasteiger partial charge in [0.1, 0.15) is 5.65 Å². The van der Waals surface area contributed by atoms with E-state index in [1.807, 2.05) is 88.4 Å². The maximum absolute atomic E-state index is 13.0. The molecule has 1 N–H and O–H groups in total. The third-order valence-corrected chi connectivity index (χ3v) is 7.30. The van der Waals surface area contributed by atoms with Gasteiger partial charge >= 0.3 is 0 Å². The lowest BCUT2D eigenvalue weighted by Crippen LogP contribution is -2.35. The highest BCUT2D eigenvalue weighted by molar-refractivity contribution is 7.98. The highest BCUT2D eigenvalue weighted by atomic mass is 32.2. The second kappa shape index (κ2) is 10.8. The van der Waals surface area contributed by atoms with Gasteiger partial charge in [-0.2, -0.15) is 0 Å². The van der Waals surface area contributed by atoms with Crippen LogP contribution in [-0.4, -0.2) is 39.2 Å². The number of piperidine rings is 1. The molecule has 2 aromatic carbocycles. The molecule has 2 aromatic heterocycles. The molecule has 0 aliphatic carbocycles. The van der Waals surface area contributed by atoms with Gasteiger partial charge in [0.2, 0.25) is 0 Å². The Bertz CT molecular complexity index is 1310. The summed E-state index contributed by atoms with van der Waals surface area (Å²) in [5.74, 6) is 0.620. The van der Waals surface area contributed by atoms with Gasteiger partial charge in [-0.05, 0) is 61.2 Å². The molecule has 0 unspecified atom stereocenters. The van der Waals surface area contributed by atoms with Gasteiger partial charge < -0.3 is 14.6 Å². The number of hydrogen-bond donors (Lipinski definition) is 1. The van der Waals surface area contributed by atoms with Gasteiger partial charge in [-0.3, -0.25) is 9.59 Å². The molecular formula is C28H28N4O2S. The molecule has 0 saturated carbocycles. The summed E-state index contributed by atoms with van der Waals surface area (Å²) in [4.78, 5) is 33.4. The first kappa shape index (κ1) is 23.2. The average molecular weight is 485 g/mol. The van der Waals surface area contributed by atoms with Crippen molar-refractivity contribution in [2.75, 3.05) is 13.1 Å². The standard InChI is InChI=1S/C28H28N4O2S/c33-27(29-18-21-9-8-10-22(17-21)28(34)31-14-5-1-6-15-31)24-11-2-3-12-25(24)35-20-23-19-32-16-7-4-13-26(32)30-23/h2-4,7-13,16-17,19H,1,5-6,14-15,18,20H2,(H,29,33). The van der Waals surface area contributed by atoms with Crippen molar-refractivity contribution < 1.29 is 9.59 Å². The van der Waals surface area contributed by atoms with Gasteiger partial charge in [0.15, 0.2) is 0 Å². The summed E-state index contributed by atoms with van der Waals surface area (Å²) in [5.41, 5.74) is 4.11. The van der Waals surface area contributed by atoms with Crippen LogP contribution in [0.4, 0.5) is 0 Å². The van der Waals surface area contributed by atoms with Gasteiger partial charge in [0.05, 0.1) is 11.3 Å². The Hall–Kier alpha value is -3.58. The summed E-state index contributed by atoms with van der Waals surface area (Å²) >= 11 is 1.60. The number of amides is 2. The van der Waals surface area contributed by atoms with Gasteiger partial charge in [0, 0.05) is 48.2 Å². The van der Waals surface area contributed by atoms with Crippen LogP contribution >= 0.6 is 11.8 Å². The Balaban J connectivity index is 1.22. The van der Waals surface area contributed by atoms with Gasteiger partial charge in [-0.1, -0.05) is 30.3 Å². The second-order valence-corrected chi connectivity index (χ2v) is 9.74. The zero-order chi connectivity index (χ0) is 24.0. The molecule has 0 atom stereocenters. The van der Waals surface area contributed by atoms with Crippen LogP contribution in [-0.2, 0) is 12.3 Å². The Kier molecular flexibility index (Phi) is 7.14. The molecule has 4 aromatic rings. The Morgan fingerprint density at radius 1 is 0.943 bits per heavy atom. The van der Waals surface area contributed by atoms with Crippen molar-refractivity contribution in [1.82, 2.24) is 19.6 Å². The number of fused-ring (bicyclic) bond motifs is 1. The van der Waals surface area contributed by atoms with E-state index in [1.165, 1.54) is 6.42 Å². The number of pyridine rings is 1. The number of aromatic nitrogens is 2. The van der Waals surface area contributed by atoms with Crippen molar-refractivity contribution >= 4 is 29.2 Å². The van der Waals surface area contributed by atoms with Gasteiger partial charge in [0.25, 0.3) is 11.8 Å². The van der Waals surface area contributed by atoms with Crippen molar-refractivity contribution in [2.45, 2.75) is 36.5 Å². The maximum atomic E-state index is 13.0. The molecule has 1 fully saturated rings. The Morgan fingerprint density at radius 3 is 2.63 bits per heavy atom. The molecule has 3 heterocycles. The molecule has 0 bridgehead atoms. The summed E-state index contributed by atoms with van der Waals surface area (Å²) in [5, 5.41) is 3.02. The summed E-state index contributed by atoms with van der Waals surface area (Å²) in [6.45, 7) is 2.01. The topological polar surface area (TPSA) is 66.7 Å². The minimum Gasteiger partial charge on any atom is -0.348 e. The normalized spacial score (nSPS) is 13.7. The van der Waals surface area contributed by atoms with E-state index >= 15 is 0 Å². The maximum Gasteiger partial charge on any atom is 0.253 e. The lowest BCUT2D eigenvalue weighted by atomic mass is 10.1. The monoisotopic (exact) mass is 484 g/mol. The SMILES string of the molecule is O=C(NCc1cccc(C(=O)N2CCCCC2)c1)c1ccccc1SCc1cn2ccccc2n1. The average Bonchev–Trinajstić information content (AvgIpc) is 3.34. The number of carbonyl (C=O) groups is 2. The van der Waals surface area contributed by atoms with Crippen LogP contribution in [0.5, 0.6) is 0 Å². The highest BCUT2D eigenvalue weighted by Crippen LogP contribution is 2.26. The number of thioether (sulfide) groups is 1. The van der Waals surface area contributed by atoms with E-state index in [9.17, 15) is 9.59 Å². The summed E-state index contributed by atoms with van der Waals surface area (Å²) in [6, 6.07) is 21.1. The number of nitrogens with one attached hydrogen (secondary N) is 1. The summed E-state index contributed by atoms with van der Waals surface area (Å²) in [6.07, 6.45) is 7.32. The third kappa shape index (κ3) is 5.57. The quantitative estimate of drug-likeness (QED) is 0.367. The first-order valence-electron chi connectivity index (χ1n) is 12.0. The second-order valence-electron chi connectivity index (χ2n) is 8.72. The molecule has 1 saturated heterocycles. The lowest BCUT2D eigenvalue weighted by molar-refractivity contribution is 0.0724. The van der Waals surface area contributed by atoms with E-state index in [0.29, 0.717) is 23.4 Å². The predicted octanol–water partition coefficient (Wildman–Crippen LogP) is 5.18. The van der Waals surface area contributed by atoms with Gasteiger partial charge in [-0.15, -0.1) is 11.8 Å². The molecule has 1 aliphatic heterocycles. The molecule has 7 heteroatoms. The van der Waals surface area contributed by atoms with E-state index in [0.717, 1.165) is 47.7 Å². The minimum absolute atomic E-state index is 0.0755. The number of rotatable bonds is 7. The van der Waals surface area contributed by atoms with E-state index in [1.54, 1.807) is 11.8 Å². The Labute approximate surface area is 209 Å². The molecule has 178 valence electrons. The molecule has 0 spiro atoms. The van der Waals surface area contributed by atoms with Crippen molar-refractivity contribution in [2.24, 2.45) is 0 Å². The van der Waals surface area contributed by atoms with Crippen LogP contribution in [0.1, 0.15) is 51.2 Å². The van der Waals surface area contributed by atoms with Crippen LogP contribution < -0.4 is 5.32 Å². The molecule has 0 radical (unpaired) electrons. The highest BCUT2D eigenvalue weighted by Gasteiger charge is 2.18. The molecule has 5 rings (SSSR count). The first-order valence-corrected chi connectivity index (χ1v) is 13.0. The van der Waals surface area contributed by atoms with E-state index in [-0.39, 0.29) is 11.8 Å². The smallest absolute Gasteiger partial charge is 0.253 e. The number of carbonyl (C=O) groups excluding carboxylic acids is 2. The number of imidazole rings is 1. The Morgan fingerprint density at radius 2 is 1.77 bits per heavy atom. The zero-order valence-electron chi connectivity index (χ0n) is 19.5. The number of nitrogens with zero attached hydrogens (tertiary/aromatic N) is 3. The van der Waals surface area contributed by atoms with E-state index < -0.39 is 0 Å². The molecule has 35 heavy (non-hydrogen) atoms. The number of benzene rings is 2. The third-order valence-electron chi connectivity index (χ3n) is 6.19. The molecular weight excluding hydrogens is 456 g/mol. The van der Waals surface area contributed by atoms with Crippen LogP contribution in [0, 0.1) is 0 Å².